The molecule has 1 aromatic heterocycles. The van der Waals surface area contributed by atoms with Crippen molar-refractivity contribution in [3.8, 4) is 5.75 Å². The summed E-state index contributed by atoms with van der Waals surface area (Å²) in [7, 11) is 3.59. The minimum absolute atomic E-state index is 0.347. The van der Waals surface area contributed by atoms with Gasteiger partial charge < -0.3 is 14.4 Å². The normalized spacial score (nSPS) is 13.4. The maximum Gasteiger partial charge on any atom is 0.330 e. The fourth-order valence-electron chi connectivity index (χ4n) is 3.23. The number of hydrogen-bond acceptors (Lipinski definition) is 5. The van der Waals surface area contributed by atoms with Gasteiger partial charge in [0.15, 0.2) is 0 Å². The molecule has 0 aliphatic carbocycles. The molecule has 0 radical (unpaired) electrons. The van der Waals surface area contributed by atoms with Crippen LogP contribution in [0.2, 0.25) is 0 Å². The lowest BCUT2D eigenvalue weighted by molar-refractivity contribution is -0.137. The third-order valence-electron chi connectivity index (χ3n) is 4.35. The SMILES string of the molecule is CCOC(=O)C=Cc1c(C)nn(C)c1N1CCc2ccc(OC)cc21. The van der Waals surface area contributed by atoms with Crippen molar-refractivity contribution in [1.29, 1.82) is 0 Å². The van der Waals surface area contributed by atoms with Gasteiger partial charge in [-0.05, 0) is 38.0 Å². The van der Waals surface area contributed by atoms with Gasteiger partial charge in [-0.1, -0.05) is 6.07 Å². The Balaban J connectivity index is 2.01. The Labute approximate surface area is 147 Å². The highest BCUT2D eigenvalue weighted by molar-refractivity contribution is 5.89. The molecule has 0 fully saturated rings. The van der Waals surface area contributed by atoms with Crippen molar-refractivity contribution in [3.63, 3.8) is 0 Å². The Morgan fingerprint density at radius 3 is 2.92 bits per heavy atom. The van der Waals surface area contributed by atoms with E-state index in [-0.39, 0.29) is 5.97 Å². The molecule has 0 bridgehead atoms. The van der Waals surface area contributed by atoms with Crippen LogP contribution in [0.25, 0.3) is 6.08 Å². The number of carbonyl (C=O) groups excluding carboxylic acids is 1. The summed E-state index contributed by atoms with van der Waals surface area (Å²) >= 11 is 0. The van der Waals surface area contributed by atoms with Crippen LogP contribution in [-0.2, 0) is 23.0 Å². The fraction of sp³-hybridized carbons (Fsp3) is 0.368. The summed E-state index contributed by atoms with van der Waals surface area (Å²) in [4.78, 5) is 13.9. The first kappa shape index (κ1) is 17.1. The number of ether oxygens (including phenoxy) is 2. The molecule has 132 valence electrons. The zero-order valence-corrected chi connectivity index (χ0v) is 15.1. The quantitative estimate of drug-likeness (QED) is 0.618. The van der Waals surface area contributed by atoms with Crippen LogP contribution in [0.3, 0.4) is 0 Å². The van der Waals surface area contributed by atoms with E-state index in [1.807, 2.05) is 30.8 Å². The van der Waals surface area contributed by atoms with E-state index in [0.717, 1.165) is 41.5 Å². The van der Waals surface area contributed by atoms with Crippen LogP contribution in [0.4, 0.5) is 11.5 Å². The molecule has 0 spiro atoms. The van der Waals surface area contributed by atoms with E-state index in [1.54, 1.807) is 20.1 Å². The largest absolute Gasteiger partial charge is 0.497 e. The molecule has 3 rings (SSSR count). The minimum Gasteiger partial charge on any atom is -0.497 e. The molecule has 0 atom stereocenters. The first-order chi connectivity index (χ1) is 12.0. The molecular weight excluding hydrogens is 318 g/mol. The van der Waals surface area contributed by atoms with Gasteiger partial charge in [-0.25, -0.2) is 4.79 Å². The molecule has 6 nitrogen and oxygen atoms in total. The van der Waals surface area contributed by atoms with Gasteiger partial charge in [-0.15, -0.1) is 0 Å². The van der Waals surface area contributed by atoms with Gasteiger partial charge in [0.2, 0.25) is 0 Å². The number of hydrogen-bond donors (Lipinski definition) is 0. The molecule has 1 aliphatic heterocycles. The fourth-order valence-corrected chi connectivity index (χ4v) is 3.23. The summed E-state index contributed by atoms with van der Waals surface area (Å²) in [6, 6.07) is 6.13. The minimum atomic E-state index is -0.347. The van der Waals surface area contributed by atoms with Crippen LogP contribution < -0.4 is 9.64 Å². The van der Waals surface area contributed by atoms with Gasteiger partial charge in [-0.3, -0.25) is 4.68 Å². The first-order valence-corrected chi connectivity index (χ1v) is 8.38. The predicted octanol–water partition coefficient (Wildman–Crippen LogP) is 3.01. The van der Waals surface area contributed by atoms with Crippen molar-refractivity contribution >= 4 is 23.6 Å². The van der Waals surface area contributed by atoms with Gasteiger partial charge >= 0.3 is 5.97 Å². The van der Waals surface area contributed by atoms with Crippen LogP contribution in [0.15, 0.2) is 24.3 Å². The third kappa shape index (κ3) is 3.24. The van der Waals surface area contributed by atoms with Crippen molar-refractivity contribution < 1.29 is 14.3 Å². The summed E-state index contributed by atoms with van der Waals surface area (Å²) in [5, 5.41) is 4.54. The number of aromatic nitrogens is 2. The molecule has 0 N–H and O–H groups in total. The van der Waals surface area contributed by atoms with Crippen molar-refractivity contribution in [2.24, 2.45) is 7.05 Å². The summed E-state index contributed by atoms with van der Waals surface area (Å²) in [5.41, 5.74) is 4.19. The van der Waals surface area contributed by atoms with Crippen molar-refractivity contribution in [3.05, 3.63) is 41.1 Å². The van der Waals surface area contributed by atoms with E-state index in [9.17, 15) is 4.79 Å². The third-order valence-corrected chi connectivity index (χ3v) is 4.35. The van der Waals surface area contributed by atoms with Gasteiger partial charge in [-0.2, -0.15) is 5.10 Å². The molecular formula is C19H23N3O3. The number of fused-ring (bicyclic) bond motifs is 1. The van der Waals surface area contributed by atoms with E-state index < -0.39 is 0 Å². The number of esters is 1. The number of nitrogens with zero attached hydrogens (tertiary/aromatic N) is 3. The highest BCUT2D eigenvalue weighted by Gasteiger charge is 2.26. The number of carbonyl (C=O) groups is 1. The van der Waals surface area contributed by atoms with E-state index in [0.29, 0.717) is 6.61 Å². The molecule has 2 heterocycles. The first-order valence-electron chi connectivity index (χ1n) is 8.38. The highest BCUT2D eigenvalue weighted by atomic mass is 16.5. The van der Waals surface area contributed by atoms with Gasteiger partial charge in [0.25, 0.3) is 0 Å². The molecule has 0 saturated carbocycles. The lowest BCUT2D eigenvalue weighted by Gasteiger charge is -2.21. The number of methoxy groups -OCH3 is 1. The lowest BCUT2D eigenvalue weighted by atomic mass is 10.1. The van der Waals surface area contributed by atoms with Crippen LogP contribution in [0.1, 0.15) is 23.7 Å². The maximum absolute atomic E-state index is 11.7. The van der Waals surface area contributed by atoms with Gasteiger partial charge in [0.1, 0.15) is 11.6 Å². The van der Waals surface area contributed by atoms with Crippen LogP contribution in [-0.4, -0.2) is 36.0 Å². The van der Waals surface area contributed by atoms with Crippen LogP contribution in [0.5, 0.6) is 5.75 Å². The highest BCUT2D eigenvalue weighted by Crippen LogP contribution is 2.39. The predicted molar refractivity (Wildman–Crippen MR) is 97.3 cm³/mol. The monoisotopic (exact) mass is 341 g/mol. The van der Waals surface area contributed by atoms with Crippen molar-refractivity contribution in [2.45, 2.75) is 20.3 Å². The number of rotatable bonds is 5. The zero-order chi connectivity index (χ0) is 18.0. The van der Waals surface area contributed by atoms with Gasteiger partial charge in [0.05, 0.1) is 19.4 Å². The van der Waals surface area contributed by atoms with Crippen molar-refractivity contribution in [1.82, 2.24) is 9.78 Å². The van der Waals surface area contributed by atoms with E-state index >= 15 is 0 Å². The smallest absolute Gasteiger partial charge is 0.330 e. The standard InChI is InChI=1S/C19H23N3O3/c1-5-25-18(23)9-8-16-13(2)20-21(3)19(16)22-11-10-14-6-7-15(24-4)12-17(14)22/h6-9,12H,5,10-11H2,1-4H3. The zero-order valence-electron chi connectivity index (χ0n) is 15.1. The Morgan fingerprint density at radius 2 is 2.20 bits per heavy atom. The second-order valence-electron chi connectivity index (χ2n) is 5.93. The maximum atomic E-state index is 11.7. The molecule has 0 unspecified atom stereocenters. The second kappa shape index (κ2) is 7.01. The average Bonchev–Trinajstić information content (AvgIpc) is 3.12. The summed E-state index contributed by atoms with van der Waals surface area (Å²) in [5.74, 6) is 1.44. The Morgan fingerprint density at radius 1 is 1.40 bits per heavy atom. The summed E-state index contributed by atoms with van der Waals surface area (Å²) in [6.07, 6.45) is 4.21. The molecule has 1 aliphatic rings. The van der Waals surface area contributed by atoms with Crippen molar-refractivity contribution in [2.75, 3.05) is 25.2 Å². The molecule has 25 heavy (non-hydrogen) atoms. The number of aryl methyl sites for hydroxylation is 2. The average molecular weight is 341 g/mol. The Bertz CT molecular complexity index is 824. The molecule has 0 amide bonds. The Hall–Kier alpha value is -2.76. The topological polar surface area (TPSA) is 56.6 Å². The van der Waals surface area contributed by atoms with E-state index in [4.69, 9.17) is 9.47 Å². The van der Waals surface area contributed by atoms with Crippen LogP contribution in [0, 0.1) is 6.92 Å². The molecule has 2 aromatic rings. The molecule has 6 heteroatoms. The lowest BCUT2D eigenvalue weighted by Crippen LogP contribution is -2.17. The van der Waals surface area contributed by atoms with Gasteiger partial charge in [0, 0.05) is 37.0 Å². The summed E-state index contributed by atoms with van der Waals surface area (Å²) in [6.45, 7) is 4.96. The molecule has 0 saturated heterocycles. The summed E-state index contributed by atoms with van der Waals surface area (Å²) < 4.78 is 12.2. The second-order valence-corrected chi connectivity index (χ2v) is 5.93. The van der Waals surface area contributed by atoms with Crippen LogP contribution >= 0.6 is 0 Å². The molecule has 1 aromatic carbocycles. The van der Waals surface area contributed by atoms with E-state index in [2.05, 4.69) is 16.1 Å². The number of benzene rings is 1. The Kier molecular flexibility index (Phi) is 4.79. The number of anilines is 2. The van der Waals surface area contributed by atoms with E-state index in [1.165, 1.54) is 11.6 Å².